The van der Waals surface area contributed by atoms with Crippen molar-refractivity contribution in [1.29, 1.82) is 0 Å². The molecule has 11 N–H and O–H groups in total. The van der Waals surface area contributed by atoms with Crippen LogP contribution in [-0.2, 0) is 14.2 Å². The summed E-state index contributed by atoms with van der Waals surface area (Å²) < 4.78 is 15.9. The Labute approximate surface area is 202 Å². The fraction of sp³-hybridized carbons (Fsp3) is 1.00. The summed E-state index contributed by atoms with van der Waals surface area (Å²) in [6.07, 6.45) is -16.5. The number of hydrogen-bond acceptors (Lipinski definition) is 16. The van der Waals surface area contributed by atoms with Gasteiger partial charge in [-0.2, -0.15) is 0 Å². The largest absolute Gasteiger partial charge is 0.394 e. The van der Waals surface area contributed by atoms with Crippen molar-refractivity contribution in [2.45, 2.75) is 88.7 Å². The van der Waals surface area contributed by atoms with Crippen LogP contribution in [0.3, 0.4) is 0 Å². The van der Waals surface area contributed by atoms with Crippen molar-refractivity contribution in [2.75, 3.05) is 19.8 Å². The first-order valence-electron chi connectivity index (χ1n) is 10.6. The maximum absolute atomic E-state index is 10.9. The number of thioether (sulfide) groups is 2. The van der Waals surface area contributed by atoms with Crippen molar-refractivity contribution in [2.24, 2.45) is 0 Å². The first-order chi connectivity index (χ1) is 16.0. The Hall–Kier alpha value is 0.140. The van der Waals surface area contributed by atoms with Crippen LogP contribution in [-0.4, -0.2) is 165 Å². The molecule has 3 aliphatic rings. The summed E-state index contributed by atoms with van der Waals surface area (Å²) in [5.74, 6) is 0. The van der Waals surface area contributed by atoms with Gasteiger partial charge in [-0.15, -0.1) is 23.5 Å². The highest BCUT2D eigenvalue weighted by Gasteiger charge is 2.52. The van der Waals surface area contributed by atoms with E-state index in [0.717, 1.165) is 0 Å². The lowest BCUT2D eigenvalue weighted by molar-refractivity contribution is -0.248. The molecule has 15 atom stereocenters. The van der Waals surface area contributed by atoms with Crippen LogP contribution < -0.4 is 0 Å². The topological polar surface area (TPSA) is 250 Å². The number of rotatable bonds is 7. The third-order valence-electron chi connectivity index (χ3n) is 6.09. The van der Waals surface area contributed by atoms with E-state index in [9.17, 15) is 56.2 Å². The van der Waals surface area contributed by atoms with Crippen molar-refractivity contribution >= 4 is 23.5 Å². The molecule has 3 aliphatic heterocycles. The molecule has 0 aromatic carbocycles. The van der Waals surface area contributed by atoms with Gasteiger partial charge in [0.2, 0.25) is 0 Å². The molecule has 0 amide bonds. The zero-order valence-electron chi connectivity index (χ0n) is 17.7. The summed E-state index contributed by atoms with van der Waals surface area (Å²) in [6.45, 7) is -2.02. The van der Waals surface area contributed by atoms with Crippen molar-refractivity contribution in [3.8, 4) is 0 Å². The highest BCUT2D eigenvalue weighted by atomic mass is 32.2. The maximum Gasteiger partial charge on any atom is 0.182 e. The molecule has 34 heavy (non-hydrogen) atoms. The zero-order chi connectivity index (χ0) is 25.3. The summed E-state index contributed by atoms with van der Waals surface area (Å²) >= 11 is 1.38. The van der Waals surface area contributed by atoms with E-state index < -0.39 is 109 Å². The van der Waals surface area contributed by atoms with Gasteiger partial charge in [-0.3, -0.25) is 0 Å². The molecular weight excluding hydrogens is 504 g/mol. The zero-order valence-corrected chi connectivity index (χ0v) is 19.4. The van der Waals surface area contributed by atoms with Gasteiger partial charge >= 0.3 is 0 Å². The Morgan fingerprint density at radius 2 is 0.853 bits per heavy atom. The lowest BCUT2D eigenvalue weighted by Gasteiger charge is -2.47. The highest BCUT2D eigenvalue weighted by Crippen LogP contribution is 2.42. The van der Waals surface area contributed by atoms with E-state index in [0.29, 0.717) is 23.5 Å². The van der Waals surface area contributed by atoms with Crippen LogP contribution in [0.1, 0.15) is 0 Å². The minimum Gasteiger partial charge on any atom is -0.394 e. The van der Waals surface area contributed by atoms with Gasteiger partial charge in [0, 0.05) is 0 Å². The van der Waals surface area contributed by atoms with Gasteiger partial charge < -0.3 is 70.4 Å². The van der Waals surface area contributed by atoms with Crippen LogP contribution in [0.15, 0.2) is 0 Å². The maximum atomic E-state index is 10.9. The average Bonchev–Trinajstić information content (AvgIpc) is 2.82. The normalized spacial score (nSPS) is 52.5. The molecule has 14 nitrogen and oxygen atoms in total. The molecule has 3 fully saturated rings. The van der Waals surface area contributed by atoms with Gasteiger partial charge in [0.05, 0.1) is 42.5 Å². The Morgan fingerprint density at radius 3 is 1.35 bits per heavy atom. The number of hydrogen-bond donors (Lipinski definition) is 11. The van der Waals surface area contributed by atoms with E-state index in [1.807, 2.05) is 0 Å². The van der Waals surface area contributed by atoms with E-state index in [-0.39, 0.29) is 0 Å². The quantitative estimate of drug-likeness (QED) is 0.145. The van der Waals surface area contributed by atoms with Crippen molar-refractivity contribution < 1.29 is 70.4 Å². The van der Waals surface area contributed by atoms with Gasteiger partial charge in [-0.1, -0.05) is 0 Å². The van der Waals surface area contributed by atoms with Crippen LogP contribution in [0.2, 0.25) is 0 Å². The van der Waals surface area contributed by atoms with E-state index in [1.54, 1.807) is 0 Å². The fourth-order valence-corrected chi connectivity index (χ4v) is 7.10. The summed E-state index contributed by atoms with van der Waals surface area (Å²) in [5, 5.41) is 108. The van der Waals surface area contributed by atoms with Crippen LogP contribution in [0.25, 0.3) is 0 Å². The molecule has 3 heterocycles. The molecule has 0 aromatic rings. The van der Waals surface area contributed by atoms with Crippen LogP contribution in [0.4, 0.5) is 0 Å². The minimum absolute atomic E-state index is 0.663. The van der Waals surface area contributed by atoms with Crippen LogP contribution in [0.5, 0.6) is 0 Å². The van der Waals surface area contributed by atoms with Gasteiger partial charge in [0.25, 0.3) is 0 Å². The van der Waals surface area contributed by atoms with Crippen molar-refractivity contribution in [3.63, 3.8) is 0 Å². The monoisotopic (exact) mass is 536 g/mol. The second kappa shape index (κ2) is 12.1. The predicted molar refractivity (Wildman–Crippen MR) is 114 cm³/mol. The Morgan fingerprint density at radius 1 is 0.441 bits per heavy atom. The SMILES string of the molecule is OC[C@H]1O[C@@H](S[C@@H]2[C@@H](O)[C@H](S[C@H]3[C@H](O)[C@@H](CO)OC(O)[C@@H]3O)O[C@H](CO)[C@H]2O)[C@H](O)[C@@H](O)[C@@H]1O. The van der Waals surface area contributed by atoms with Gasteiger partial charge in [0.15, 0.2) is 6.29 Å². The minimum atomic E-state index is -1.74. The second-order valence-corrected chi connectivity index (χ2v) is 10.9. The first kappa shape index (κ1) is 28.7. The molecule has 0 saturated carbocycles. The van der Waals surface area contributed by atoms with Crippen molar-refractivity contribution in [3.05, 3.63) is 0 Å². The average molecular weight is 537 g/mol. The summed E-state index contributed by atoms with van der Waals surface area (Å²) in [4.78, 5) is 0. The molecule has 0 bridgehead atoms. The lowest BCUT2D eigenvalue weighted by atomic mass is 10.0. The Bertz CT molecular complexity index is 648. The smallest absolute Gasteiger partial charge is 0.182 e. The van der Waals surface area contributed by atoms with Gasteiger partial charge in [-0.05, 0) is 0 Å². The summed E-state index contributed by atoms with van der Waals surface area (Å²) in [7, 11) is 0. The van der Waals surface area contributed by atoms with Gasteiger partial charge in [-0.25, -0.2) is 0 Å². The Kier molecular flexibility index (Phi) is 10.2. The third kappa shape index (κ3) is 5.67. The van der Waals surface area contributed by atoms with E-state index in [1.165, 1.54) is 0 Å². The van der Waals surface area contributed by atoms with E-state index >= 15 is 0 Å². The number of aliphatic hydroxyl groups excluding tert-OH is 11. The van der Waals surface area contributed by atoms with Crippen LogP contribution in [0, 0.1) is 0 Å². The molecule has 1 unspecified atom stereocenters. The van der Waals surface area contributed by atoms with Gasteiger partial charge in [0.1, 0.15) is 59.7 Å². The fourth-order valence-electron chi connectivity index (χ4n) is 4.04. The molecule has 3 saturated heterocycles. The third-order valence-corrected chi connectivity index (χ3v) is 9.15. The predicted octanol–water partition coefficient (Wildman–Crippen LogP) is -6.14. The van der Waals surface area contributed by atoms with Crippen LogP contribution >= 0.6 is 23.5 Å². The second-order valence-electron chi connectivity index (χ2n) is 8.33. The molecular formula is C18H32O14S2. The van der Waals surface area contributed by atoms with Crippen molar-refractivity contribution in [1.82, 2.24) is 0 Å². The molecule has 0 spiro atoms. The number of ether oxygens (including phenoxy) is 3. The molecule has 16 heteroatoms. The first-order valence-corrected chi connectivity index (χ1v) is 12.5. The standard InChI is InChI=1S/C18H32O14S2/c19-1-4-7(22)10(25)11(26)17(31-4)34-15-9(24)6(3-21)32-18(13(15)28)33-14-8(23)5(2-20)30-16(29)12(14)27/h4-29H,1-3H2/t4-,5-,6-,7-,8-,9-,10+,11-,12-,13-,14+,15+,16?,17+,18+/m1/s1. The van der Waals surface area contributed by atoms with E-state index in [4.69, 9.17) is 14.2 Å². The summed E-state index contributed by atoms with van der Waals surface area (Å²) in [5.41, 5.74) is -2.57. The molecule has 0 aromatic heterocycles. The van der Waals surface area contributed by atoms with E-state index in [2.05, 4.69) is 0 Å². The number of aliphatic hydroxyl groups is 11. The molecule has 200 valence electrons. The molecule has 0 aliphatic carbocycles. The molecule has 3 rings (SSSR count). The highest BCUT2D eigenvalue weighted by molar-refractivity contribution is 8.01. The summed E-state index contributed by atoms with van der Waals surface area (Å²) in [6, 6.07) is 0. The molecule has 0 radical (unpaired) electrons. The Balaban J connectivity index is 1.78. The lowest BCUT2D eigenvalue weighted by Crippen LogP contribution is -2.62.